The monoisotopic (exact) mass is 432 g/mol. The number of aromatic nitrogens is 4. The molecule has 0 N–H and O–H groups in total. The van der Waals surface area contributed by atoms with Crippen LogP contribution in [0.1, 0.15) is 19.3 Å². The first kappa shape index (κ1) is 20.2. The molecule has 4 heterocycles. The number of carbonyl (C=O) groups excluding carboxylic acids is 2. The van der Waals surface area contributed by atoms with Gasteiger partial charge in [-0.25, -0.2) is 4.68 Å². The van der Waals surface area contributed by atoms with Gasteiger partial charge in [-0.15, -0.1) is 10.2 Å². The molecule has 2 aliphatic heterocycles. The molecule has 1 aromatic carbocycles. The molecule has 0 radical (unpaired) electrons. The fourth-order valence-corrected chi connectivity index (χ4v) is 4.26. The third kappa shape index (κ3) is 4.18. The smallest absolute Gasteiger partial charge is 0.233 e. The molecule has 1 unspecified atom stereocenters. The fourth-order valence-electron chi connectivity index (χ4n) is 4.26. The van der Waals surface area contributed by atoms with Crippen molar-refractivity contribution in [2.24, 2.45) is 5.92 Å². The molecule has 5 rings (SSSR count). The van der Waals surface area contributed by atoms with Gasteiger partial charge in [-0.05, 0) is 24.3 Å². The molecule has 3 aromatic rings. The average Bonchev–Trinajstić information content (AvgIpc) is 3.50. The van der Waals surface area contributed by atoms with E-state index in [1.807, 2.05) is 47.4 Å². The van der Waals surface area contributed by atoms with Gasteiger partial charge >= 0.3 is 0 Å². The second-order valence-corrected chi connectivity index (χ2v) is 8.06. The normalized spacial score (nSPS) is 19.4. The summed E-state index contributed by atoms with van der Waals surface area (Å²) in [6.45, 7) is 1.66. The zero-order chi connectivity index (χ0) is 21.9. The standard InChI is InChI=1S/C23H24N6O3/c30-22-15-17(16-28(22)18-5-2-1-3-6-18)23(31)27-13-9-19(10-14-27)32-21-8-7-20(25-26-21)29-12-4-11-24-29/h1-8,11-12,17,19H,9-10,13-16H2. The maximum Gasteiger partial charge on any atom is 0.233 e. The van der Waals surface area contributed by atoms with Crippen LogP contribution in [0.4, 0.5) is 5.69 Å². The molecular weight excluding hydrogens is 408 g/mol. The van der Waals surface area contributed by atoms with Gasteiger partial charge in [0.1, 0.15) is 6.10 Å². The van der Waals surface area contributed by atoms with Gasteiger partial charge in [0.25, 0.3) is 0 Å². The van der Waals surface area contributed by atoms with Gasteiger partial charge in [-0.3, -0.25) is 9.59 Å². The third-order valence-corrected chi connectivity index (χ3v) is 5.95. The SMILES string of the molecule is O=C(C1CC(=O)N(c2ccccc2)C1)N1CCC(Oc2ccc(-n3cccn3)nn2)CC1. The van der Waals surface area contributed by atoms with E-state index in [4.69, 9.17) is 4.74 Å². The highest BCUT2D eigenvalue weighted by Gasteiger charge is 2.38. The van der Waals surface area contributed by atoms with E-state index in [2.05, 4.69) is 15.3 Å². The van der Waals surface area contributed by atoms with Crippen molar-refractivity contribution >= 4 is 17.5 Å². The number of nitrogens with zero attached hydrogens (tertiary/aromatic N) is 6. The van der Waals surface area contributed by atoms with Crippen molar-refractivity contribution < 1.29 is 14.3 Å². The predicted octanol–water partition coefficient (Wildman–Crippen LogP) is 2.09. The fraction of sp³-hybridized carbons (Fsp3) is 0.348. The molecule has 1 atom stereocenters. The van der Waals surface area contributed by atoms with Gasteiger partial charge in [-0.1, -0.05) is 18.2 Å². The van der Waals surface area contributed by atoms with Crippen molar-refractivity contribution in [1.82, 2.24) is 24.9 Å². The first-order valence-electron chi connectivity index (χ1n) is 10.8. The summed E-state index contributed by atoms with van der Waals surface area (Å²) in [5.41, 5.74) is 0.847. The van der Waals surface area contributed by atoms with Crippen LogP contribution in [-0.2, 0) is 9.59 Å². The van der Waals surface area contributed by atoms with Crippen LogP contribution in [0.2, 0.25) is 0 Å². The summed E-state index contributed by atoms with van der Waals surface area (Å²) in [5.74, 6) is 0.855. The zero-order valence-corrected chi connectivity index (χ0v) is 17.6. The first-order valence-corrected chi connectivity index (χ1v) is 10.8. The lowest BCUT2D eigenvalue weighted by Gasteiger charge is -2.33. The lowest BCUT2D eigenvalue weighted by molar-refractivity contribution is -0.137. The quantitative estimate of drug-likeness (QED) is 0.613. The van der Waals surface area contributed by atoms with Gasteiger partial charge < -0.3 is 14.5 Å². The lowest BCUT2D eigenvalue weighted by atomic mass is 10.0. The number of likely N-dealkylation sites (tertiary alicyclic amines) is 1. The number of para-hydroxylation sites is 1. The first-order chi connectivity index (χ1) is 15.7. The summed E-state index contributed by atoms with van der Waals surface area (Å²) in [4.78, 5) is 29.0. The average molecular weight is 432 g/mol. The summed E-state index contributed by atoms with van der Waals surface area (Å²) in [7, 11) is 0. The largest absolute Gasteiger partial charge is 0.473 e. The Morgan fingerprint density at radius 3 is 2.50 bits per heavy atom. The van der Waals surface area contributed by atoms with Crippen molar-refractivity contribution in [1.29, 1.82) is 0 Å². The van der Waals surface area contributed by atoms with Crippen molar-refractivity contribution in [2.75, 3.05) is 24.5 Å². The molecule has 9 heteroatoms. The Bertz CT molecular complexity index is 1060. The van der Waals surface area contributed by atoms with Crippen LogP contribution in [-0.4, -0.2) is 62.4 Å². The van der Waals surface area contributed by atoms with Crippen LogP contribution in [0, 0.1) is 5.92 Å². The number of hydrogen-bond donors (Lipinski definition) is 0. The zero-order valence-electron chi connectivity index (χ0n) is 17.6. The Labute approximate surface area is 185 Å². The maximum absolute atomic E-state index is 13.0. The van der Waals surface area contributed by atoms with Crippen LogP contribution in [0.15, 0.2) is 60.9 Å². The Hall–Kier alpha value is -3.75. The Morgan fingerprint density at radius 1 is 1.00 bits per heavy atom. The van der Waals surface area contributed by atoms with Gasteiger partial charge in [0.05, 0.1) is 5.92 Å². The van der Waals surface area contributed by atoms with E-state index in [1.165, 1.54) is 0 Å². The number of amides is 2. The van der Waals surface area contributed by atoms with E-state index < -0.39 is 0 Å². The van der Waals surface area contributed by atoms with Gasteiger partial charge in [-0.2, -0.15) is 5.10 Å². The van der Waals surface area contributed by atoms with E-state index in [0.29, 0.717) is 31.3 Å². The molecule has 0 aliphatic carbocycles. The van der Waals surface area contributed by atoms with Crippen LogP contribution in [0.3, 0.4) is 0 Å². The molecule has 2 aromatic heterocycles. The van der Waals surface area contributed by atoms with Crippen molar-refractivity contribution in [3.8, 4) is 11.7 Å². The third-order valence-electron chi connectivity index (χ3n) is 5.95. The minimum absolute atomic E-state index is 0.00454. The molecule has 9 nitrogen and oxygen atoms in total. The van der Waals surface area contributed by atoms with Crippen molar-refractivity contribution in [3.05, 3.63) is 60.9 Å². The van der Waals surface area contributed by atoms with E-state index in [9.17, 15) is 9.59 Å². The number of hydrogen-bond acceptors (Lipinski definition) is 6. The molecule has 0 spiro atoms. The van der Waals surface area contributed by atoms with E-state index >= 15 is 0 Å². The number of anilines is 1. The number of rotatable bonds is 5. The highest BCUT2D eigenvalue weighted by Crippen LogP contribution is 2.27. The Kier molecular flexibility index (Phi) is 5.53. The summed E-state index contributed by atoms with van der Waals surface area (Å²) >= 11 is 0. The van der Waals surface area contributed by atoms with Crippen molar-refractivity contribution in [3.63, 3.8) is 0 Å². The van der Waals surface area contributed by atoms with E-state index in [0.717, 1.165) is 18.5 Å². The number of ether oxygens (including phenoxy) is 1. The lowest BCUT2D eigenvalue weighted by Crippen LogP contribution is -2.45. The Balaban J connectivity index is 1.13. The van der Waals surface area contributed by atoms with Crippen LogP contribution in [0.5, 0.6) is 5.88 Å². The number of carbonyl (C=O) groups is 2. The molecule has 2 saturated heterocycles. The second kappa shape index (κ2) is 8.78. The second-order valence-electron chi connectivity index (χ2n) is 8.06. The molecule has 2 fully saturated rings. The molecule has 0 saturated carbocycles. The number of piperidine rings is 1. The van der Waals surface area contributed by atoms with Gasteiger partial charge in [0, 0.05) is 63.0 Å². The van der Waals surface area contributed by atoms with E-state index in [1.54, 1.807) is 28.0 Å². The van der Waals surface area contributed by atoms with Gasteiger partial charge in [0.15, 0.2) is 5.82 Å². The maximum atomic E-state index is 13.0. The van der Waals surface area contributed by atoms with Crippen molar-refractivity contribution in [2.45, 2.75) is 25.4 Å². The van der Waals surface area contributed by atoms with Gasteiger partial charge in [0.2, 0.25) is 17.7 Å². The highest BCUT2D eigenvalue weighted by molar-refractivity contribution is 6.00. The highest BCUT2D eigenvalue weighted by atomic mass is 16.5. The molecule has 2 amide bonds. The van der Waals surface area contributed by atoms with Crippen LogP contribution >= 0.6 is 0 Å². The molecule has 164 valence electrons. The minimum Gasteiger partial charge on any atom is -0.473 e. The van der Waals surface area contributed by atoms with Crippen LogP contribution in [0.25, 0.3) is 5.82 Å². The number of benzene rings is 1. The molecule has 2 aliphatic rings. The summed E-state index contributed by atoms with van der Waals surface area (Å²) < 4.78 is 7.60. The Morgan fingerprint density at radius 2 is 1.81 bits per heavy atom. The summed E-state index contributed by atoms with van der Waals surface area (Å²) in [6, 6.07) is 14.9. The minimum atomic E-state index is -0.291. The van der Waals surface area contributed by atoms with E-state index in [-0.39, 0.29) is 30.3 Å². The van der Waals surface area contributed by atoms with Crippen LogP contribution < -0.4 is 9.64 Å². The molecule has 32 heavy (non-hydrogen) atoms. The topological polar surface area (TPSA) is 93.5 Å². The molecule has 0 bridgehead atoms. The summed E-state index contributed by atoms with van der Waals surface area (Å²) in [6.07, 6.45) is 5.17. The summed E-state index contributed by atoms with van der Waals surface area (Å²) in [5, 5.41) is 12.4. The predicted molar refractivity (Wildman–Crippen MR) is 116 cm³/mol. The molecular formula is C23H24N6O3.